The van der Waals surface area contributed by atoms with Gasteiger partial charge in [0.25, 0.3) is 0 Å². The summed E-state index contributed by atoms with van der Waals surface area (Å²) in [7, 11) is 1.90. The first-order chi connectivity index (χ1) is 8.69. The lowest BCUT2D eigenvalue weighted by Gasteiger charge is -2.24. The Labute approximate surface area is 109 Å². The number of hydrogen-bond donors (Lipinski definition) is 2. The maximum Gasteiger partial charge on any atom is 0.223 e. The number of nitrogens with zero attached hydrogens (tertiary/aromatic N) is 1. The molecule has 104 valence electrons. The molecule has 0 radical (unpaired) electrons. The van der Waals surface area contributed by atoms with E-state index in [4.69, 9.17) is 0 Å². The second-order valence-corrected chi connectivity index (χ2v) is 4.79. The van der Waals surface area contributed by atoms with Crippen molar-refractivity contribution in [3.05, 3.63) is 0 Å². The van der Waals surface area contributed by atoms with Crippen LogP contribution in [0.15, 0.2) is 0 Å². The predicted octanol–water partition coefficient (Wildman–Crippen LogP) is 0.503. The number of amides is 2. The zero-order valence-corrected chi connectivity index (χ0v) is 11.5. The molecule has 1 aliphatic rings. The molecule has 0 spiro atoms. The molecule has 0 aromatic heterocycles. The van der Waals surface area contributed by atoms with Crippen LogP contribution in [0.4, 0.5) is 0 Å². The molecule has 0 aromatic carbocycles. The maximum absolute atomic E-state index is 12.0. The number of likely N-dealkylation sites (tertiary alicyclic amines) is 1. The van der Waals surface area contributed by atoms with Crippen LogP contribution < -0.4 is 10.6 Å². The molecule has 1 unspecified atom stereocenters. The Balaban J connectivity index is 2.29. The third kappa shape index (κ3) is 4.64. The second-order valence-electron chi connectivity index (χ2n) is 4.79. The average Bonchev–Trinajstić information content (AvgIpc) is 2.82. The minimum Gasteiger partial charge on any atom is -0.356 e. The fraction of sp³-hybridized carbons (Fsp3) is 0.846. The van der Waals surface area contributed by atoms with E-state index in [0.29, 0.717) is 25.4 Å². The van der Waals surface area contributed by atoms with E-state index in [1.54, 1.807) is 0 Å². The SMILES string of the molecule is CCCNC(=O)CCC(=O)N1CCCC1CNC. The fourth-order valence-corrected chi connectivity index (χ4v) is 2.33. The highest BCUT2D eigenvalue weighted by molar-refractivity contribution is 5.84. The highest BCUT2D eigenvalue weighted by Gasteiger charge is 2.27. The molecule has 1 saturated heterocycles. The minimum absolute atomic E-state index is 0.0189. The first-order valence-electron chi connectivity index (χ1n) is 6.89. The highest BCUT2D eigenvalue weighted by atomic mass is 16.2. The minimum atomic E-state index is -0.0189. The van der Waals surface area contributed by atoms with Crippen LogP contribution in [0.5, 0.6) is 0 Å². The largest absolute Gasteiger partial charge is 0.356 e. The molecular formula is C13H25N3O2. The molecule has 2 amide bonds. The molecule has 1 fully saturated rings. The summed E-state index contributed by atoms with van der Waals surface area (Å²) < 4.78 is 0. The summed E-state index contributed by atoms with van der Waals surface area (Å²) in [6.45, 7) is 4.38. The van der Waals surface area contributed by atoms with Crippen molar-refractivity contribution >= 4 is 11.8 Å². The van der Waals surface area contributed by atoms with E-state index in [2.05, 4.69) is 10.6 Å². The number of carbonyl (C=O) groups excluding carboxylic acids is 2. The Morgan fingerprint density at radius 2 is 2.11 bits per heavy atom. The van der Waals surface area contributed by atoms with E-state index in [9.17, 15) is 9.59 Å². The van der Waals surface area contributed by atoms with Gasteiger partial charge in [0.15, 0.2) is 0 Å². The lowest BCUT2D eigenvalue weighted by atomic mass is 10.2. The van der Waals surface area contributed by atoms with Gasteiger partial charge in [0, 0.05) is 38.5 Å². The van der Waals surface area contributed by atoms with E-state index in [1.165, 1.54) is 0 Å². The third-order valence-electron chi connectivity index (χ3n) is 3.28. The van der Waals surface area contributed by atoms with E-state index < -0.39 is 0 Å². The Morgan fingerprint density at radius 3 is 2.78 bits per heavy atom. The van der Waals surface area contributed by atoms with Gasteiger partial charge >= 0.3 is 0 Å². The van der Waals surface area contributed by atoms with Gasteiger partial charge in [0.2, 0.25) is 11.8 Å². The van der Waals surface area contributed by atoms with Gasteiger partial charge in [-0.1, -0.05) is 6.92 Å². The van der Waals surface area contributed by atoms with Crippen molar-refractivity contribution in [3.63, 3.8) is 0 Å². The van der Waals surface area contributed by atoms with Crippen LogP contribution in [0, 0.1) is 0 Å². The van der Waals surface area contributed by atoms with Crippen LogP contribution in [-0.2, 0) is 9.59 Å². The van der Waals surface area contributed by atoms with Crippen molar-refractivity contribution < 1.29 is 9.59 Å². The normalized spacial score (nSPS) is 19.0. The summed E-state index contributed by atoms with van der Waals surface area (Å²) >= 11 is 0. The van der Waals surface area contributed by atoms with Gasteiger partial charge in [0.05, 0.1) is 0 Å². The molecule has 5 nitrogen and oxygen atoms in total. The monoisotopic (exact) mass is 255 g/mol. The quantitative estimate of drug-likeness (QED) is 0.696. The number of likely N-dealkylation sites (N-methyl/N-ethyl adjacent to an activating group) is 1. The number of nitrogens with one attached hydrogen (secondary N) is 2. The Morgan fingerprint density at radius 1 is 1.33 bits per heavy atom. The van der Waals surface area contributed by atoms with E-state index in [1.807, 2.05) is 18.9 Å². The van der Waals surface area contributed by atoms with Crippen LogP contribution in [0.1, 0.15) is 39.0 Å². The molecule has 0 saturated carbocycles. The Hall–Kier alpha value is -1.10. The van der Waals surface area contributed by atoms with Gasteiger partial charge in [-0.2, -0.15) is 0 Å². The Bertz CT molecular complexity index is 281. The fourth-order valence-electron chi connectivity index (χ4n) is 2.33. The van der Waals surface area contributed by atoms with Crippen molar-refractivity contribution in [2.24, 2.45) is 0 Å². The number of hydrogen-bond acceptors (Lipinski definition) is 3. The Kier molecular flexibility index (Phi) is 6.72. The molecule has 1 rings (SSSR count). The van der Waals surface area contributed by atoms with E-state index >= 15 is 0 Å². The molecule has 18 heavy (non-hydrogen) atoms. The van der Waals surface area contributed by atoms with Crippen LogP contribution >= 0.6 is 0 Å². The standard InChI is InChI=1S/C13H25N3O2/c1-3-8-15-12(17)6-7-13(18)16-9-4-5-11(16)10-14-2/h11,14H,3-10H2,1-2H3,(H,15,17). The molecule has 0 bridgehead atoms. The third-order valence-corrected chi connectivity index (χ3v) is 3.28. The van der Waals surface area contributed by atoms with Crippen molar-refractivity contribution in [1.29, 1.82) is 0 Å². The highest BCUT2D eigenvalue weighted by Crippen LogP contribution is 2.17. The lowest BCUT2D eigenvalue weighted by Crippen LogP contribution is -2.41. The first-order valence-corrected chi connectivity index (χ1v) is 6.89. The van der Waals surface area contributed by atoms with Gasteiger partial charge in [-0.3, -0.25) is 9.59 Å². The van der Waals surface area contributed by atoms with Crippen molar-refractivity contribution in [3.8, 4) is 0 Å². The maximum atomic E-state index is 12.0. The molecule has 0 aromatic rings. The van der Waals surface area contributed by atoms with Crippen LogP contribution in [0.25, 0.3) is 0 Å². The molecule has 5 heteroatoms. The summed E-state index contributed by atoms with van der Waals surface area (Å²) in [6.07, 6.45) is 3.70. The summed E-state index contributed by atoms with van der Waals surface area (Å²) in [5, 5.41) is 5.91. The van der Waals surface area contributed by atoms with Crippen molar-refractivity contribution in [2.75, 3.05) is 26.7 Å². The molecule has 1 heterocycles. The summed E-state index contributed by atoms with van der Waals surface area (Å²) in [5.41, 5.74) is 0. The van der Waals surface area contributed by atoms with Crippen molar-refractivity contribution in [1.82, 2.24) is 15.5 Å². The van der Waals surface area contributed by atoms with Crippen LogP contribution in [0.2, 0.25) is 0 Å². The smallest absolute Gasteiger partial charge is 0.223 e. The lowest BCUT2D eigenvalue weighted by molar-refractivity contribution is -0.134. The molecule has 1 atom stereocenters. The molecule has 0 aliphatic carbocycles. The predicted molar refractivity (Wildman–Crippen MR) is 71.2 cm³/mol. The summed E-state index contributed by atoms with van der Waals surface area (Å²) in [6, 6.07) is 0.307. The molecular weight excluding hydrogens is 230 g/mol. The molecule has 2 N–H and O–H groups in total. The first kappa shape index (κ1) is 15.0. The number of rotatable bonds is 7. The van der Waals surface area contributed by atoms with Crippen LogP contribution in [-0.4, -0.2) is 49.4 Å². The van der Waals surface area contributed by atoms with Gasteiger partial charge in [0.1, 0.15) is 0 Å². The van der Waals surface area contributed by atoms with E-state index in [0.717, 1.165) is 32.4 Å². The summed E-state index contributed by atoms with van der Waals surface area (Å²) in [4.78, 5) is 25.4. The average molecular weight is 255 g/mol. The van der Waals surface area contributed by atoms with Gasteiger partial charge in [-0.05, 0) is 26.3 Å². The van der Waals surface area contributed by atoms with Gasteiger partial charge in [-0.25, -0.2) is 0 Å². The van der Waals surface area contributed by atoms with Crippen molar-refractivity contribution in [2.45, 2.75) is 45.1 Å². The molecule has 1 aliphatic heterocycles. The topological polar surface area (TPSA) is 61.4 Å². The zero-order valence-electron chi connectivity index (χ0n) is 11.5. The summed E-state index contributed by atoms with van der Waals surface area (Å²) in [5.74, 6) is 0.0916. The van der Waals surface area contributed by atoms with E-state index in [-0.39, 0.29) is 11.8 Å². The second kappa shape index (κ2) is 8.08. The number of carbonyl (C=O) groups is 2. The zero-order chi connectivity index (χ0) is 13.4. The van der Waals surface area contributed by atoms with Crippen LogP contribution in [0.3, 0.4) is 0 Å². The van der Waals surface area contributed by atoms with Gasteiger partial charge < -0.3 is 15.5 Å². The van der Waals surface area contributed by atoms with Gasteiger partial charge in [-0.15, -0.1) is 0 Å².